The molecule has 1 fully saturated rings. The second-order valence-corrected chi connectivity index (χ2v) is 8.96. The topological polar surface area (TPSA) is 77.4 Å². The quantitative estimate of drug-likeness (QED) is 0.665. The standard InChI is InChI=1S/C10H13OS.C7H8O3S/c11-9-6-7-12(8-9)10-4-2-1-3-5-10;1-6-2-4-7(5-3-6)11(8,9)10/h1-5,9,11H,6-8H2;2-5H,1H3,(H,8,9,10)/q+1;/p-1. The van der Waals surface area contributed by atoms with Gasteiger partial charge in [-0.1, -0.05) is 35.9 Å². The van der Waals surface area contributed by atoms with Gasteiger partial charge in [-0.15, -0.1) is 0 Å². The van der Waals surface area contributed by atoms with Crippen LogP contribution in [-0.4, -0.2) is 35.7 Å². The Morgan fingerprint density at radius 3 is 2.17 bits per heavy atom. The van der Waals surface area contributed by atoms with Crippen molar-refractivity contribution in [3.05, 3.63) is 60.2 Å². The zero-order valence-electron chi connectivity index (χ0n) is 12.9. The van der Waals surface area contributed by atoms with E-state index in [1.807, 2.05) is 13.0 Å². The average Bonchev–Trinajstić information content (AvgIpc) is 2.95. The molecule has 2 aromatic carbocycles. The molecule has 0 aromatic heterocycles. The van der Waals surface area contributed by atoms with Crippen LogP contribution in [0.15, 0.2) is 64.4 Å². The molecule has 1 aliphatic heterocycles. The predicted octanol–water partition coefficient (Wildman–Crippen LogP) is 2.33. The summed E-state index contributed by atoms with van der Waals surface area (Å²) in [6.07, 6.45) is 0.936. The molecule has 1 N–H and O–H groups in total. The lowest BCUT2D eigenvalue weighted by atomic mass is 10.2. The average molecular weight is 352 g/mol. The smallest absolute Gasteiger partial charge is 0.154 e. The van der Waals surface area contributed by atoms with Crippen molar-refractivity contribution in [2.75, 3.05) is 11.5 Å². The number of aryl methyl sites for hydroxylation is 1. The van der Waals surface area contributed by atoms with Gasteiger partial charge < -0.3 is 9.66 Å². The van der Waals surface area contributed by atoms with Crippen molar-refractivity contribution in [3.8, 4) is 0 Å². The molecule has 23 heavy (non-hydrogen) atoms. The van der Waals surface area contributed by atoms with E-state index in [-0.39, 0.29) is 11.0 Å². The van der Waals surface area contributed by atoms with Gasteiger partial charge in [0.05, 0.1) is 4.90 Å². The molecule has 2 aromatic rings. The summed E-state index contributed by atoms with van der Waals surface area (Å²) in [4.78, 5) is 1.23. The maximum absolute atomic E-state index is 10.4. The number of aliphatic hydroxyl groups excluding tert-OH is 1. The van der Waals surface area contributed by atoms with E-state index < -0.39 is 10.1 Å². The van der Waals surface area contributed by atoms with Crippen LogP contribution in [0.3, 0.4) is 0 Å². The maximum Gasteiger partial charge on any atom is 0.154 e. The number of hydrogen-bond donors (Lipinski definition) is 1. The van der Waals surface area contributed by atoms with Crippen LogP contribution in [0.5, 0.6) is 0 Å². The Hall–Kier alpha value is -1.34. The summed E-state index contributed by atoms with van der Waals surface area (Å²) in [7, 11) is -3.94. The van der Waals surface area contributed by atoms with E-state index in [0.717, 1.165) is 17.7 Å². The SMILES string of the molecule is Cc1ccc(S(=O)(=O)[O-])cc1.OC1CC[S+](c2ccccc2)C1. The van der Waals surface area contributed by atoms with Gasteiger partial charge in [-0.05, 0) is 31.2 Å². The molecule has 3 rings (SSSR count). The van der Waals surface area contributed by atoms with Crippen LogP contribution in [0.4, 0.5) is 0 Å². The van der Waals surface area contributed by atoms with E-state index in [9.17, 15) is 18.1 Å². The molecular formula is C17H20O4S2. The Labute approximate surface area is 140 Å². The number of rotatable bonds is 2. The second-order valence-electron chi connectivity index (χ2n) is 5.39. The Bertz CT molecular complexity index is 712. The maximum atomic E-state index is 10.4. The molecule has 0 radical (unpaired) electrons. The zero-order chi connectivity index (χ0) is 16.9. The molecule has 1 saturated heterocycles. The fourth-order valence-corrected chi connectivity index (χ4v) is 5.00. The van der Waals surface area contributed by atoms with Gasteiger partial charge in [-0.2, -0.15) is 0 Å². The Balaban J connectivity index is 0.000000168. The predicted molar refractivity (Wildman–Crippen MR) is 91.6 cm³/mol. The third-order valence-corrected chi connectivity index (χ3v) is 6.78. The largest absolute Gasteiger partial charge is 0.744 e. The number of hydrogen-bond acceptors (Lipinski definition) is 4. The number of aliphatic hydroxyl groups is 1. The van der Waals surface area contributed by atoms with Gasteiger partial charge in [-0.25, -0.2) is 8.42 Å². The summed E-state index contributed by atoms with van der Waals surface area (Å²) in [6, 6.07) is 16.3. The minimum absolute atomic E-state index is 0.0476. The summed E-state index contributed by atoms with van der Waals surface area (Å²) < 4.78 is 31.2. The lowest BCUT2D eigenvalue weighted by Gasteiger charge is -2.05. The molecule has 0 spiro atoms. The van der Waals surface area contributed by atoms with Crippen LogP contribution in [0.1, 0.15) is 12.0 Å². The van der Waals surface area contributed by atoms with Crippen LogP contribution in [0.2, 0.25) is 0 Å². The first-order valence-electron chi connectivity index (χ1n) is 7.29. The van der Waals surface area contributed by atoms with Gasteiger partial charge in [0.15, 0.2) is 4.90 Å². The van der Waals surface area contributed by atoms with Gasteiger partial charge >= 0.3 is 0 Å². The molecule has 2 unspecified atom stereocenters. The van der Waals surface area contributed by atoms with Crippen molar-refractivity contribution in [3.63, 3.8) is 0 Å². The monoisotopic (exact) mass is 352 g/mol. The van der Waals surface area contributed by atoms with Gasteiger partial charge in [-0.3, -0.25) is 0 Å². The minimum Gasteiger partial charge on any atom is -0.744 e. The van der Waals surface area contributed by atoms with Crippen molar-refractivity contribution in [1.29, 1.82) is 0 Å². The van der Waals surface area contributed by atoms with Crippen molar-refractivity contribution in [2.45, 2.75) is 29.2 Å². The third kappa shape index (κ3) is 5.66. The highest BCUT2D eigenvalue weighted by Gasteiger charge is 2.32. The van der Waals surface area contributed by atoms with Crippen LogP contribution in [-0.2, 0) is 21.0 Å². The van der Waals surface area contributed by atoms with E-state index in [4.69, 9.17) is 0 Å². The molecule has 1 heterocycles. The van der Waals surface area contributed by atoms with Gasteiger partial charge in [0.25, 0.3) is 0 Å². The third-order valence-electron chi connectivity index (χ3n) is 3.48. The molecular weight excluding hydrogens is 332 g/mol. The molecule has 4 nitrogen and oxygen atoms in total. The van der Waals surface area contributed by atoms with Crippen molar-refractivity contribution < 1.29 is 18.1 Å². The van der Waals surface area contributed by atoms with Crippen molar-refractivity contribution in [2.24, 2.45) is 0 Å². The summed E-state index contributed by atoms with van der Waals surface area (Å²) in [5, 5.41) is 9.37. The number of benzene rings is 2. The van der Waals surface area contributed by atoms with Crippen LogP contribution >= 0.6 is 0 Å². The fourth-order valence-electron chi connectivity index (χ4n) is 2.21. The van der Waals surface area contributed by atoms with E-state index in [2.05, 4.69) is 24.3 Å². The fraction of sp³-hybridized carbons (Fsp3) is 0.294. The van der Waals surface area contributed by atoms with Crippen LogP contribution < -0.4 is 0 Å². The highest BCUT2D eigenvalue weighted by Crippen LogP contribution is 2.22. The van der Waals surface area contributed by atoms with Gasteiger partial charge in [0.1, 0.15) is 27.7 Å². The van der Waals surface area contributed by atoms with Crippen molar-refractivity contribution >= 4 is 21.0 Å². The first-order chi connectivity index (χ1) is 10.9. The van der Waals surface area contributed by atoms with Crippen LogP contribution in [0.25, 0.3) is 0 Å². The minimum atomic E-state index is -4.27. The molecule has 0 saturated carbocycles. The van der Waals surface area contributed by atoms with Gasteiger partial charge in [0.2, 0.25) is 0 Å². The molecule has 124 valence electrons. The van der Waals surface area contributed by atoms with E-state index >= 15 is 0 Å². The molecule has 6 heteroatoms. The lowest BCUT2D eigenvalue weighted by Crippen LogP contribution is -2.09. The first kappa shape index (κ1) is 18.0. The summed E-state index contributed by atoms with van der Waals surface area (Å²) in [5.74, 6) is 2.15. The van der Waals surface area contributed by atoms with Crippen molar-refractivity contribution in [1.82, 2.24) is 0 Å². The molecule has 0 aliphatic carbocycles. The van der Waals surface area contributed by atoms with E-state index in [1.54, 1.807) is 12.1 Å². The highest BCUT2D eigenvalue weighted by atomic mass is 32.2. The first-order valence-corrected chi connectivity index (χ1v) is 10.3. The highest BCUT2D eigenvalue weighted by molar-refractivity contribution is 7.97. The summed E-state index contributed by atoms with van der Waals surface area (Å²) in [6.45, 7) is 1.82. The van der Waals surface area contributed by atoms with Gasteiger partial charge in [0, 0.05) is 17.3 Å². The van der Waals surface area contributed by atoms with E-state index in [1.165, 1.54) is 22.8 Å². The summed E-state index contributed by atoms with van der Waals surface area (Å²) in [5.41, 5.74) is 0.928. The normalized spacial score (nSPS) is 20.7. The van der Waals surface area contributed by atoms with Crippen LogP contribution in [0, 0.1) is 6.92 Å². The Morgan fingerprint density at radius 1 is 1.09 bits per heavy atom. The molecule has 1 aliphatic rings. The van der Waals surface area contributed by atoms with E-state index in [0.29, 0.717) is 10.9 Å². The Morgan fingerprint density at radius 2 is 1.70 bits per heavy atom. The zero-order valence-corrected chi connectivity index (χ0v) is 14.5. The Kier molecular flexibility index (Phi) is 6.24. The lowest BCUT2D eigenvalue weighted by molar-refractivity contribution is 0.202. The second kappa shape index (κ2) is 7.97. The molecule has 0 amide bonds. The summed E-state index contributed by atoms with van der Waals surface area (Å²) >= 11 is 0. The molecule has 0 bridgehead atoms. The molecule has 2 atom stereocenters.